The fourth-order valence-electron chi connectivity index (χ4n) is 2.21. The van der Waals surface area contributed by atoms with Crippen LogP contribution >= 0.6 is 0 Å². The Morgan fingerprint density at radius 2 is 2.00 bits per heavy atom. The molecular weight excluding hydrogens is 184 g/mol. The highest BCUT2D eigenvalue weighted by atomic mass is 15.1. The van der Waals surface area contributed by atoms with E-state index in [1.807, 2.05) is 0 Å². The zero-order chi connectivity index (χ0) is 10.7. The summed E-state index contributed by atoms with van der Waals surface area (Å²) in [5.74, 6) is 0. The summed E-state index contributed by atoms with van der Waals surface area (Å²) in [6.07, 6.45) is 11.6. The molecule has 1 saturated heterocycles. The average Bonchev–Trinajstić information content (AvgIpc) is 2.25. The van der Waals surface area contributed by atoms with Crippen molar-refractivity contribution in [3.8, 4) is 0 Å². The monoisotopic (exact) mass is 205 g/mol. The zero-order valence-electron chi connectivity index (χ0n) is 9.87. The fraction of sp³-hybridized carbons (Fsp3) is 0.692. The molecule has 2 nitrogen and oxygen atoms in total. The second-order valence-corrected chi connectivity index (χ2v) is 4.72. The standard InChI is InChI=1S/C13H21N2/c1-14-9-6-12(7-10-14)11-13-5-3-4-8-15(13)2/h5,11,13H,4,6-10H2,1-2H3. The summed E-state index contributed by atoms with van der Waals surface area (Å²) in [4.78, 5) is 4.81. The van der Waals surface area contributed by atoms with Gasteiger partial charge in [0, 0.05) is 25.7 Å². The van der Waals surface area contributed by atoms with Crippen LogP contribution in [0.1, 0.15) is 19.3 Å². The normalized spacial score (nSPS) is 29.5. The van der Waals surface area contributed by atoms with E-state index in [0.717, 1.165) is 13.0 Å². The maximum atomic E-state index is 3.34. The minimum atomic E-state index is 0.497. The van der Waals surface area contributed by atoms with Crippen LogP contribution in [0.2, 0.25) is 0 Å². The lowest BCUT2D eigenvalue weighted by molar-refractivity contribution is 0.296. The second kappa shape index (κ2) is 4.95. The summed E-state index contributed by atoms with van der Waals surface area (Å²) >= 11 is 0. The highest BCUT2D eigenvalue weighted by Gasteiger charge is 2.15. The van der Waals surface area contributed by atoms with E-state index in [1.54, 1.807) is 5.57 Å². The van der Waals surface area contributed by atoms with Gasteiger partial charge in [0.05, 0.1) is 0 Å². The summed E-state index contributed by atoms with van der Waals surface area (Å²) in [5, 5.41) is 0. The van der Waals surface area contributed by atoms with E-state index in [1.165, 1.54) is 25.9 Å². The van der Waals surface area contributed by atoms with Gasteiger partial charge in [-0.05, 0) is 39.4 Å². The smallest absolute Gasteiger partial charge is 0.0467 e. The molecule has 83 valence electrons. The van der Waals surface area contributed by atoms with E-state index < -0.39 is 0 Å². The molecule has 2 aliphatic rings. The Morgan fingerprint density at radius 3 is 2.67 bits per heavy atom. The molecule has 2 aliphatic heterocycles. The topological polar surface area (TPSA) is 6.48 Å². The van der Waals surface area contributed by atoms with Crippen LogP contribution in [-0.2, 0) is 0 Å². The summed E-state index contributed by atoms with van der Waals surface area (Å²) in [6, 6.07) is 0.497. The predicted molar refractivity (Wildman–Crippen MR) is 63.7 cm³/mol. The number of piperidine rings is 1. The van der Waals surface area contributed by atoms with Crippen molar-refractivity contribution in [2.24, 2.45) is 0 Å². The Bertz CT molecular complexity index is 258. The summed E-state index contributed by atoms with van der Waals surface area (Å²) < 4.78 is 0. The van der Waals surface area contributed by atoms with E-state index in [2.05, 4.69) is 42.1 Å². The zero-order valence-corrected chi connectivity index (χ0v) is 9.87. The van der Waals surface area contributed by atoms with Gasteiger partial charge in [0.25, 0.3) is 0 Å². The molecule has 1 unspecified atom stereocenters. The number of nitrogens with zero attached hydrogens (tertiary/aromatic N) is 2. The van der Waals surface area contributed by atoms with Crippen LogP contribution in [0.25, 0.3) is 0 Å². The highest BCUT2D eigenvalue weighted by Crippen LogP contribution is 2.18. The first-order chi connectivity index (χ1) is 7.25. The molecule has 0 aromatic carbocycles. The van der Waals surface area contributed by atoms with E-state index >= 15 is 0 Å². The molecule has 0 aromatic rings. The van der Waals surface area contributed by atoms with Gasteiger partial charge in [-0.25, -0.2) is 0 Å². The van der Waals surface area contributed by atoms with Crippen molar-refractivity contribution in [1.82, 2.24) is 9.80 Å². The molecule has 2 heteroatoms. The molecule has 1 radical (unpaired) electrons. The Kier molecular flexibility index (Phi) is 3.60. The van der Waals surface area contributed by atoms with Crippen LogP contribution in [0.4, 0.5) is 0 Å². The molecule has 0 aliphatic carbocycles. The van der Waals surface area contributed by atoms with Gasteiger partial charge in [0.15, 0.2) is 0 Å². The molecule has 15 heavy (non-hydrogen) atoms. The van der Waals surface area contributed by atoms with Gasteiger partial charge in [-0.2, -0.15) is 0 Å². The van der Waals surface area contributed by atoms with Gasteiger partial charge >= 0.3 is 0 Å². The predicted octanol–water partition coefficient (Wildman–Crippen LogP) is 1.70. The maximum absolute atomic E-state index is 3.34. The molecule has 1 atom stereocenters. The fourth-order valence-corrected chi connectivity index (χ4v) is 2.21. The minimum absolute atomic E-state index is 0.497. The van der Waals surface area contributed by atoms with Crippen molar-refractivity contribution >= 4 is 0 Å². The van der Waals surface area contributed by atoms with E-state index in [-0.39, 0.29) is 0 Å². The molecule has 2 rings (SSSR count). The molecule has 0 spiro atoms. The molecule has 0 aromatic heterocycles. The van der Waals surface area contributed by atoms with Gasteiger partial charge in [0.2, 0.25) is 0 Å². The van der Waals surface area contributed by atoms with Crippen molar-refractivity contribution in [2.75, 3.05) is 33.7 Å². The lowest BCUT2D eigenvalue weighted by Gasteiger charge is -2.29. The minimum Gasteiger partial charge on any atom is -0.306 e. The second-order valence-electron chi connectivity index (χ2n) is 4.72. The molecule has 0 saturated carbocycles. The first kappa shape index (κ1) is 10.9. The van der Waals surface area contributed by atoms with Gasteiger partial charge in [-0.1, -0.05) is 17.7 Å². The average molecular weight is 205 g/mol. The van der Waals surface area contributed by atoms with Gasteiger partial charge in [0.1, 0.15) is 0 Å². The molecule has 1 fully saturated rings. The third-order valence-corrected chi connectivity index (χ3v) is 3.44. The largest absolute Gasteiger partial charge is 0.306 e. The number of likely N-dealkylation sites (N-methyl/N-ethyl adjacent to an activating group) is 1. The first-order valence-electron chi connectivity index (χ1n) is 5.91. The molecule has 0 N–H and O–H groups in total. The van der Waals surface area contributed by atoms with Crippen molar-refractivity contribution < 1.29 is 0 Å². The van der Waals surface area contributed by atoms with E-state index in [9.17, 15) is 0 Å². The Balaban J connectivity index is 1.96. The van der Waals surface area contributed by atoms with Crippen LogP contribution < -0.4 is 0 Å². The number of hydrogen-bond acceptors (Lipinski definition) is 2. The number of hydrogen-bond donors (Lipinski definition) is 0. The summed E-state index contributed by atoms with van der Waals surface area (Å²) in [5.41, 5.74) is 1.63. The Labute approximate surface area is 93.2 Å². The lowest BCUT2D eigenvalue weighted by Crippen LogP contribution is -2.33. The van der Waals surface area contributed by atoms with Crippen molar-refractivity contribution in [2.45, 2.75) is 25.3 Å². The van der Waals surface area contributed by atoms with Crippen molar-refractivity contribution in [3.63, 3.8) is 0 Å². The van der Waals surface area contributed by atoms with Crippen LogP contribution in [0.3, 0.4) is 0 Å². The number of likely N-dealkylation sites (tertiary alicyclic amines) is 1. The molecule has 0 bridgehead atoms. The SMILES string of the molecule is CN1CCC(=CC2C=[C]CCN2C)CC1. The quantitative estimate of drug-likeness (QED) is 0.601. The molecular formula is C13H21N2. The van der Waals surface area contributed by atoms with E-state index in [4.69, 9.17) is 0 Å². The third kappa shape index (κ3) is 2.93. The van der Waals surface area contributed by atoms with Gasteiger partial charge in [-0.3, -0.25) is 4.90 Å². The lowest BCUT2D eigenvalue weighted by atomic mass is 10.00. The van der Waals surface area contributed by atoms with Crippen molar-refractivity contribution in [1.29, 1.82) is 0 Å². The summed E-state index contributed by atoms with van der Waals surface area (Å²) in [6.45, 7) is 3.58. The van der Waals surface area contributed by atoms with Gasteiger partial charge < -0.3 is 4.90 Å². The van der Waals surface area contributed by atoms with Crippen LogP contribution in [0.15, 0.2) is 17.7 Å². The van der Waals surface area contributed by atoms with Crippen LogP contribution in [0, 0.1) is 6.08 Å². The summed E-state index contributed by atoms with van der Waals surface area (Å²) in [7, 11) is 4.41. The van der Waals surface area contributed by atoms with E-state index in [0.29, 0.717) is 6.04 Å². The molecule has 2 heterocycles. The Hall–Kier alpha value is -0.600. The van der Waals surface area contributed by atoms with Crippen LogP contribution in [-0.4, -0.2) is 49.6 Å². The third-order valence-electron chi connectivity index (χ3n) is 3.44. The Morgan fingerprint density at radius 1 is 1.27 bits per heavy atom. The van der Waals surface area contributed by atoms with Gasteiger partial charge in [-0.15, -0.1) is 0 Å². The molecule has 0 amide bonds. The number of rotatable bonds is 1. The maximum Gasteiger partial charge on any atom is 0.0467 e. The van der Waals surface area contributed by atoms with Crippen molar-refractivity contribution in [3.05, 3.63) is 23.8 Å². The van der Waals surface area contributed by atoms with Crippen LogP contribution in [0.5, 0.6) is 0 Å². The highest BCUT2D eigenvalue weighted by molar-refractivity contribution is 5.15. The first-order valence-corrected chi connectivity index (χ1v) is 5.91.